The standard InChI is InChI=1S/C11H11ClFN5OS/c1-6(20-11-17-15-5-18(11)14)10(19)16-9-3-2-7(12)4-8(9)13/h2-6H,14H2,1H3,(H,16,19)/t6-/m0/s1. The lowest BCUT2D eigenvalue weighted by molar-refractivity contribution is -0.115. The van der Waals surface area contributed by atoms with Crippen molar-refractivity contribution >= 4 is 35.0 Å². The molecule has 1 heterocycles. The van der Waals surface area contributed by atoms with Gasteiger partial charge in [0.15, 0.2) is 0 Å². The molecule has 3 N–H and O–H groups in total. The molecule has 20 heavy (non-hydrogen) atoms. The number of nitrogens with one attached hydrogen (secondary N) is 1. The summed E-state index contributed by atoms with van der Waals surface area (Å²) < 4.78 is 14.8. The summed E-state index contributed by atoms with van der Waals surface area (Å²) in [7, 11) is 0. The highest BCUT2D eigenvalue weighted by Gasteiger charge is 2.18. The third kappa shape index (κ3) is 3.40. The Bertz CT molecular complexity index is 635. The van der Waals surface area contributed by atoms with E-state index in [1.54, 1.807) is 6.92 Å². The first-order valence-electron chi connectivity index (χ1n) is 5.55. The molecule has 0 unspecified atom stereocenters. The van der Waals surface area contributed by atoms with Crippen molar-refractivity contribution in [2.75, 3.05) is 11.2 Å². The normalized spacial score (nSPS) is 12.2. The number of hydrogen-bond acceptors (Lipinski definition) is 5. The van der Waals surface area contributed by atoms with Crippen LogP contribution in [0.2, 0.25) is 5.02 Å². The second kappa shape index (κ2) is 6.10. The molecule has 1 atom stereocenters. The third-order valence-corrected chi connectivity index (χ3v) is 3.69. The van der Waals surface area contributed by atoms with Crippen molar-refractivity contribution in [3.63, 3.8) is 0 Å². The maximum atomic E-state index is 13.6. The zero-order valence-electron chi connectivity index (χ0n) is 10.4. The van der Waals surface area contributed by atoms with Gasteiger partial charge in [-0.15, -0.1) is 10.2 Å². The topological polar surface area (TPSA) is 85.8 Å². The van der Waals surface area contributed by atoms with Gasteiger partial charge in [0.05, 0.1) is 10.9 Å². The minimum atomic E-state index is -0.593. The van der Waals surface area contributed by atoms with Crippen LogP contribution in [0.5, 0.6) is 0 Å². The number of carbonyl (C=O) groups excluding carboxylic acids is 1. The molecule has 6 nitrogen and oxygen atoms in total. The quantitative estimate of drug-likeness (QED) is 0.665. The van der Waals surface area contributed by atoms with E-state index in [4.69, 9.17) is 17.4 Å². The number of rotatable bonds is 4. The van der Waals surface area contributed by atoms with Gasteiger partial charge in [-0.05, 0) is 25.1 Å². The van der Waals surface area contributed by atoms with Crippen LogP contribution in [0.15, 0.2) is 29.7 Å². The lowest BCUT2D eigenvalue weighted by atomic mass is 10.3. The average Bonchev–Trinajstić information content (AvgIpc) is 2.78. The number of nitrogens with zero attached hydrogens (tertiary/aromatic N) is 3. The number of hydrogen-bond donors (Lipinski definition) is 2. The van der Waals surface area contributed by atoms with Gasteiger partial charge in [0.1, 0.15) is 12.1 Å². The van der Waals surface area contributed by atoms with Crippen LogP contribution in [0.1, 0.15) is 6.92 Å². The molecule has 1 aromatic heterocycles. The van der Waals surface area contributed by atoms with Crippen molar-refractivity contribution in [2.45, 2.75) is 17.3 Å². The Hall–Kier alpha value is -1.80. The SMILES string of the molecule is C[C@H](Sc1nncn1N)C(=O)Nc1ccc(Cl)cc1F. The van der Waals surface area contributed by atoms with Crippen LogP contribution in [0.25, 0.3) is 0 Å². The van der Waals surface area contributed by atoms with Crippen molar-refractivity contribution in [3.8, 4) is 0 Å². The van der Waals surface area contributed by atoms with Crippen LogP contribution in [0.4, 0.5) is 10.1 Å². The molecular formula is C11H11ClFN5OS. The molecule has 0 aliphatic carbocycles. The largest absolute Gasteiger partial charge is 0.336 e. The Kier molecular flexibility index (Phi) is 4.46. The van der Waals surface area contributed by atoms with E-state index in [0.29, 0.717) is 5.16 Å². The predicted molar refractivity (Wildman–Crippen MR) is 75.5 cm³/mol. The van der Waals surface area contributed by atoms with Gasteiger partial charge in [-0.1, -0.05) is 23.4 Å². The summed E-state index contributed by atoms with van der Waals surface area (Å²) in [5.41, 5.74) is 0.0704. The molecule has 0 bridgehead atoms. The van der Waals surface area contributed by atoms with E-state index in [1.807, 2.05) is 0 Å². The number of thioether (sulfide) groups is 1. The van der Waals surface area contributed by atoms with Crippen LogP contribution in [-0.2, 0) is 4.79 Å². The molecule has 0 aliphatic heterocycles. The lowest BCUT2D eigenvalue weighted by Gasteiger charge is -2.11. The fourth-order valence-corrected chi connectivity index (χ4v) is 2.26. The molecule has 0 saturated heterocycles. The molecule has 106 valence electrons. The maximum absolute atomic E-state index is 13.6. The Morgan fingerprint density at radius 2 is 2.35 bits per heavy atom. The Morgan fingerprint density at radius 1 is 1.60 bits per heavy atom. The van der Waals surface area contributed by atoms with Crippen molar-refractivity contribution in [1.29, 1.82) is 0 Å². The molecule has 0 saturated carbocycles. The van der Waals surface area contributed by atoms with E-state index in [1.165, 1.54) is 23.1 Å². The van der Waals surface area contributed by atoms with Crippen LogP contribution < -0.4 is 11.2 Å². The van der Waals surface area contributed by atoms with Gasteiger partial charge < -0.3 is 11.2 Å². The number of nitrogen functional groups attached to an aromatic ring is 1. The van der Waals surface area contributed by atoms with E-state index in [-0.39, 0.29) is 16.6 Å². The maximum Gasteiger partial charge on any atom is 0.237 e. The summed E-state index contributed by atoms with van der Waals surface area (Å²) >= 11 is 6.76. The molecule has 0 aliphatic rings. The van der Waals surface area contributed by atoms with Crippen molar-refractivity contribution in [1.82, 2.24) is 14.9 Å². The predicted octanol–water partition coefficient (Wildman–Crippen LogP) is 1.90. The number of carbonyl (C=O) groups is 1. The first kappa shape index (κ1) is 14.6. The highest BCUT2D eigenvalue weighted by molar-refractivity contribution is 8.00. The van der Waals surface area contributed by atoms with Crippen molar-refractivity contribution in [3.05, 3.63) is 35.4 Å². The summed E-state index contributed by atoms with van der Waals surface area (Å²) in [6.45, 7) is 1.66. The van der Waals surface area contributed by atoms with Crippen LogP contribution in [0, 0.1) is 5.82 Å². The van der Waals surface area contributed by atoms with E-state index in [9.17, 15) is 9.18 Å². The first-order valence-corrected chi connectivity index (χ1v) is 6.81. The summed E-state index contributed by atoms with van der Waals surface area (Å²) in [6, 6.07) is 4.03. The van der Waals surface area contributed by atoms with Gasteiger partial charge in [0.25, 0.3) is 0 Å². The second-order valence-electron chi connectivity index (χ2n) is 3.89. The molecule has 0 fully saturated rings. The highest BCUT2D eigenvalue weighted by Crippen LogP contribution is 2.23. The molecule has 0 spiro atoms. The average molecular weight is 316 g/mol. The first-order chi connectivity index (χ1) is 9.47. The fraction of sp³-hybridized carbons (Fsp3) is 0.182. The van der Waals surface area contributed by atoms with Crippen LogP contribution in [-0.4, -0.2) is 26.0 Å². The third-order valence-electron chi connectivity index (χ3n) is 2.38. The summed E-state index contributed by atoms with van der Waals surface area (Å²) in [4.78, 5) is 12.0. The number of halogens is 2. The van der Waals surface area contributed by atoms with E-state index in [2.05, 4.69) is 15.5 Å². The number of nitrogens with two attached hydrogens (primary N) is 1. The van der Waals surface area contributed by atoms with Gasteiger partial charge in [-0.3, -0.25) is 4.79 Å². The van der Waals surface area contributed by atoms with Gasteiger partial charge in [-0.2, -0.15) is 0 Å². The Labute approximate surface area is 123 Å². The molecule has 0 radical (unpaired) electrons. The Morgan fingerprint density at radius 3 is 2.95 bits per heavy atom. The minimum absolute atomic E-state index is 0.0704. The molecule has 1 amide bonds. The number of aromatic nitrogens is 3. The van der Waals surface area contributed by atoms with Crippen LogP contribution in [0.3, 0.4) is 0 Å². The second-order valence-corrected chi connectivity index (χ2v) is 5.64. The van der Waals surface area contributed by atoms with Crippen LogP contribution >= 0.6 is 23.4 Å². The number of amides is 1. The number of benzene rings is 1. The zero-order valence-corrected chi connectivity index (χ0v) is 12.0. The zero-order chi connectivity index (χ0) is 14.7. The fourth-order valence-electron chi connectivity index (χ4n) is 1.35. The van der Waals surface area contributed by atoms with Gasteiger partial charge in [0, 0.05) is 5.02 Å². The summed E-state index contributed by atoms with van der Waals surface area (Å²) in [6.07, 6.45) is 1.33. The van der Waals surface area contributed by atoms with E-state index >= 15 is 0 Å². The van der Waals surface area contributed by atoms with Crippen molar-refractivity contribution in [2.24, 2.45) is 0 Å². The summed E-state index contributed by atoms with van der Waals surface area (Å²) in [5, 5.41) is 9.97. The molecular weight excluding hydrogens is 305 g/mol. The van der Waals surface area contributed by atoms with Gasteiger partial charge >= 0.3 is 0 Å². The minimum Gasteiger partial charge on any atom is -0.336 e. The molecule has 2 aromatic rings. The summed E-state index contributed by atoms with van der Waals surface area (Å²) in [5.74, 6) is 4.58. The molecule has 1 aromatic carbocycles. The lowest BCUT2D eigenvalue weighted by Crippen LogP contribution is -2.24. The van der Waals surface area contributed by atoms with E-state index in [0.717, 1.165) is 17.8 Å². The highest BCUT2D eigenvalue weighted by atomic mass is 35.5. The monoisotopic (exact) mass is 315 g/mol. The van der Waals surface area contributed by atoms with Crippen molar-refractivity contribution < 1.29 is 9.18 Å². The molecule has 2 rings (SSSR count). The smallest absolute Gasteiger partial charge is 0.237 e. The molecule has 9 heteroatoms. The number of anilines is 1. The van der Waals surface area contributed by atoms with Gasteiger partial charge in [-0.25, -0.2) is 9.07 Å². The van der Waals surface area contributed by atoms with E-state index < -0.39 is 11.1 Å². The Balaban J connectivity index is 2.02. The van der Waals surface area contributed by atoms with Gasteiger partial charge in [0.2, 0.25) is 11.1 Å².